The summed E-state index contributed by atoms with van der Waals surface area (Å²) < 4.78 is 3.91. The molecule has 0 aliphatic rings. The Morgan fingerprint density at radius 1 is 1.55 bits per heavy atom. The number of rotatable bonds is 0. The fraction of sp³-hybridized carbons (Fsp3) is 0.250. The van der Waals surface area contributed by atoms with Gasteiger partial charge in [-0.3, -0.25) is 0 Å². The topological polar surface area (TPSA) is 21.2 Å². The molecule has 3 heteroatoms. The summed E-state index contributed by atoms with van der Waals surface area (Å²) in [7, 11) is 2.01. The summed E-state index contributed by atoms with van der Waals surface area (Å²) in [6, 6.07) is 4.03. The summed E-state index contributed by atoms with van der Waals surface area (Å²) in [4.78, 5) is 0. The maximum atomic E-state index is 4.27. The van der Waals surface area contributed by atoms with Crippen molar-refractivity contribution >= 4 is 5.65 Å². The Hall–Kier alpha value is -1.38. The highest BCUT2D eigenvalue weighted by Crippen LogP contribution is 1.97. The van der Waals surface area contributed by atoms with Crippen LogP contribution >= 0.6 is 0 Å². The van der Waals surface area contributed by atoms with Crippen molar-refractivity contribution in [3.05, 3.63) is 30.2 Å². The first kappa shape index (κ1) is 6.34. The quantitative estimate of drug-likeness (QED) is 0.497. The first-order valence-electron chi connectivity index (χ1n) is 3.58. The minimum absolute atomic E-state index is 1.05. The van der Waals surface area contributed by atoms with Gasteiger partial charge < -0.3 is 0 Å². The van der Waals surface area contributed by atoms with Gasteiger partial charge in [0, 0.05) is 6.07 Å². The molecule has 0 amide bonds. The first-order chi connectivity index (χ1) is 5.27. The van der Waals surface area contributed by atoms with Gasteiger partial charge in [0.1, 0.15) is 6.20 Å². The van der Waals surface area contributed by atoms with E-state index in [0.717, 1.165) is 11.3 Å². The fourth-order valence-electron chi connectivity index (χ4n) is 1.20. The summed E-state index contributed by atoms with van der Waals surface area (Å²) in [5, 5.41) is 4.27. The Morgan fingerprint density at radius 3 is 3.09 bits per heavy atom. The molecule has 0 spiro atoms. The molecule has 0 unspecified atom stereocenters. The molecule has 3 nitrogen and oxygen atoms in total. The zero-order valence-corrected chi connectivity index (χ0v) is 6.65. The van der Waals surface area contributed by atoms with E-state index in [9.17, 15) is 0 Å². The van der Waals surface area contributed by atoms with Gasteiger partial charge in [-0.15, -0.1) is 4.52 Å². The third-order valence-corrected chi connectivity index (χ3v) is 1.74. The number of hydrogen-bond acceptors (Lipinski definition) is 1. The molecule has 0 fully saturated rings. The Labute approximate surface area is 64.9 Å². The average Bonchev–Trinajstić information content (AvgIpc) is 2.31. The van der Waals surface area contributed by atoms with Gasteiger partial charge in [-0.25, -0.2) is 4.57 Å². The van der Waals surface area contributed by atoms with Crippen LogP contribution in [0.4, 0.5) is 0 Å². The molecule has 11 heavy (non-hydrogen) atoms. The predicted molar refractivity (Wildman–Crippen MR) is 41.1 cm³/mol. The minimum atomic E-state index is 1.05. The van der Waals surface area contributed by atoms with Crippen molar-refractivity contribution in [3.8, 4) is 0 Å². The number of aryl methyl sites for hydroxylation is 2. The van der Waals surface area contributed by atoms with Gasteiger partial charge in [0.2, 0.25) is 0 Å². The predicted octanol–water partition coefficient (Wildman–Crippen LogP) is 0.467. The van der Waals surface area contributed by atoms with Crippen LogP contribution in [0.2, 0.25) is 0 Å². The lowest BCUT2D eigenvalue weighted by Gasteiger charge is -1.88. The van der Waals surface area contributed by atoms with Crippen LogP contribution in [0.15, 0.2) is 24.5 Å². The van der Waals surface area contributed by atoms with E-state index in [4.69, 9.17) is 0 Å². The van der Waals surface area contributed by atoms with E-state index in [2.05, 4.69) is 11.2 Å². The van der Waals surface area contributed by atoms with Gasteiger partial charge in [-0.05, 0) is 6.92 Å². The van der Waals surface area contributed by atoms with Crippen molar-refractivity contribution in [2.24, 2.45) is 7.05 Å². The zero-order valence-electron chi connectivity index (χ0n) is 6.65. The number of aromatic nitrogens is 3. The highest BCUT2D eigenvalue weighted by molar-refractivity contribution is 5.31. The largest absolute Gasteiger partial charge is 0.308 e. The molecule has 56 valence electrons. The van der Waals surface area contributed by atoms with Crippen LogP contribution in [0.1, 0.15) is 5.69 Å². The van der Waals surface area contributed by atoms with Crippen LogP contribution in [-0.4, -0.2) is 9.61 Å². The molecule has 2 aromatic rings. The zero-order chi connectivity index (χ0) is 7.84. The summed E-state index contributed by atoms with van der Waals surface area (Å²) in [5.41, 5.74) is 2.16. The average molecular weight is 148 g/mol. The van der Waals surface area contributed by atoms with Gasteiger partial charge in [-0.2, -0.15) is 0 Å². The second kappa shape index (κ2) is 2.05. The Kier molecular flexibility index (Phi) is 1.18. The monoisotopic (exact) mass is 148 g/mol. The van der Waals surface area contributed by atoms with E-state index in [1.165, 1.54) is 0 Å². The summed E-state index contributed by atoms with van der Waals surface area (Å²) in [6.07, 6.45) is 3.96. The van der Waals surface area contributed by atoms with E-state index in [0.29, 0.717) is 0 Å². The summed E-state index contributed by atoms with van der Waals surface area (Å²) >= 11 is 0. The van der Waals surface area contributed by atoms with E-state index < -0.39 is 0 Å². The van der Waals surface area contributed by atoms with Crippen LogP contribution in [0, 0.1) is 6.92 Å². The maximum absolute atomic E-state index is 4.27. The van der Waals surface area contributed by atoms with E-state index in [1.54, 1.807) is 0 Å². The van der Waals surface area contributed by atoms with Crippen molar-refractivity contribution in [1.29, 1.82) is 0 Å². The Morgan fingerprint density at radius 2 is 2.36 bits per heavy atom. The molecule has 0 saturated heterocycles. The first-order valence-corrected chi connectivity index (χ1v) is 3.58. The molecule has 2 heterocycles. The molecule has 0 aliphatic heterocycles. The molecular formula is C8H10N3+. The second-order valence-electron chi connectivity index (χ2n) is 2.69. The van der Waals surface area contributed by atoms with Gasteiger partial charge in [0.15, 0.2) is 0 Å². The lowest BCUT2D eigenvalue weighted by molar-refractivity contribution is -0.648. The van der Waals surface area contributed by atoms with Crippen LogP contribution in [0.5, 0.6) is 0 Å². The lowest BCUT2D eigenvalue weighted by Crippen LogP contribution is -2.29. The third-order valence-electron chi connectivity index (χ3n) is 1.74. The molecule has 0 atom stereocenters. The Bertz CT molecular complexity index is 389. The highest BCUT2D eigenvalue weighted by atomic mass is 15.3. The van der Waals surface area contributed by atoms with Gasteiger partial charge in [0.05, 0.1) is 25.0 Å². The highest BCUT2D eigenvalue weighted by Gasteiger charge is 2.05. The van der Waals surface area contributed by atoms with Crippen molar-refractivity contribution in [2.75, 3.05) is 0 Å². The number of fused-ring (bicyclic) bond motifs is 1. The van der Waals surface area contributed by atoms with Crippen LogP contribution in [-0.2, 0) is 7.05 Å². The van der Waals surface area contributed by atoms with E-state index >= 15 is 0 Å². The van der Waals surface area contributed by atoms with Gasteiger partial charge in [0.25, 0.3) is 0 Å². The molecule has 0 saturated carbocycles. The smallest absolute Gasteiger partial charge is 0.235 e. The minimum Gasteiger partial charge on any atom is -0.235 e. The third kappa shape index (κ3) is 0.888. The molecule has 0 aromatic carbocycles. The molecule has 0 N–H and O–H groups in total. The second-order valence-corrected chi connectivity index (χ2v) is 2.69. The molecule has 0 aliphatic carbocycles. The lowest BCUT2D eigenvalue weighted by atomic mass is 10.5. The molecule has 2 rings (SSSR count). The van der Waals surface area contributed by atoms with Crippen LogP contribution in [0.25, 0.3) is 5.65 Å². The van der Waals surface area contributed by atoms with Crippen LogP contribution < -0.4 is 4.57 Å². The van der Waals surface area contributed by atoms with Crippen molar-refractivity contribution in [1.82, 2.24) is 9.61 Å². The molecule has 0 bridgehead atoms. The SMILES string of the molecule is Cc1cc2n(ccc[n+]2C)n1. The molecule has 2 aromatic heterocycles. The molecular weight excluding hydrogens is 138 g/mol. The van der Waals surface area contributed by atoms with Crippen LogP contribution in [0.3, 0.4) is 0 Å². The fourth-order valence-corrected chi connectivity index (χ4v) is 1.20. The van der Waals surface area contributed by atoms with Crippen molar-refractivity contribution in [3.63, 3.8) is 0 Å². The normalized spacial score (nSPS) is 10.7. The number of nitrogens with zero attached hydrogens (tertiary/aromatic N) is 3. The van der Waals surface area contributed by atoms with Gasteiger partial charge in [-0.1, -0.05) is 5.10 Å². The van der Waals surface area contributed by atoms with E-state index in [-0.39, 0.29) is 0 Å². The summed E-state index contributed by atoms with van der Waals surface area (Å²) in [5.74, 6) is 0. The van der Waals surface area contributed by atoms with E-state index in [1.807, 2.05) is 41.5 Å². The summed E-state index contributed by atoms with van der Waals surface area (Å²) in [6.45, 7) is 1.99. The Balaban J connectivity index is 2.90. The molecule has 0 radical (unpaired) electrons. The number of hydrogen-bond donors (Lipinski definition) is 0. The van der Waals surface area contributed by atoms with Crippen molar-refractivity contribution in [2.45, 2.75) is 6.92 Å². The van der Waals surface area contributed by atoms with Gasteiger partial charge >= 0.3 is 5.65 Å². The maximum Gasteiger partial charge on any atom is 0.308 e. The van der Waals surface area contributed by atoms with Crippen molar-refractivity contribution < 1.29 is 4.57 Å². The standard InChI is InChI=1S/C8H10N3/c1-7-6-8-10(2)4-3-5-11(8)9-7/h3-6H,1-2H3/q+1.